The summed E-state index contributed by atoms with van der Waals surface area (Å²) in [5.41, 5.74) is 4.00. The molecule has 2 aromatic rings. The standard InChI is InChI=1S/C18H27N3O/c1-14-4-3-5-17-16(12-20-18(14)17)6-7-19-15(2)13-21-8-10-22-11-9-21/h3-5,12,15,19-20H,6-11,13H2,1-2H3/t15-/m1/s1. The van der Waals surface area contributed by atoms with Crippen LogP contribution in [0, 0.1) is 6.92 Å². The van der Waals surface area contributed by atoms with Gasteiger partial charge in [-0.05, 0) is 37.9 Å². The summed E-state index contributed by atoms with van der Waals surface area (Å²) in [5.74, 6) is 0. The summed E-state index contributed by atoms with van der Waals surface area (Å²) in [6, 6.07) is 7.03. The van der Waals surface area contributed by atoms with E-state index in [4.69, 9.17) is 4.74 Å². The van der Waals surface area contributed by atoms with E-state index in [9.17, 15) is 0 Å². The van der Waals surface area contributed by atoms with Crippen LogP contribution in [0.2, 0.25) is 0 Å². The van der Waals surface area contributed by atoms with Gasteiger partial charge < -0.3 is 15.0 Å². The van der Waals surface area contributed by atoms with E-state index in [0.717, 1.165) is 45.8 Å². The molecule has 22 heavy (non-hydrogen) atoms. The van der Waals surface area contributed by atoms with Crippen LogP contribution in [0.4, 0.5) is 0 Å². The van der Waals surface area contributed by atoms with Crippen molar-refractivity contribution in [2.75, 3.05) is 39.4 Å². The number of rotatable bonds is 6. The first-order valence-corrected chi connectivity index (χ1v) is 8.33. The lowest BCUT2D eigenvalue weighted by Crippen LogP contribution is -2.44. The van der Waals surface area contributed by atoms with Crippen LogP contribution in [-0.2, 0) is 11.2 Å². The minimum atomic E-state index is 0.519. The SMILES string of the molecule is Cc1cccc2c(CCN[C@H](C)CN3CCOCC3)c[nH]c12. The fourth-order valence-electron chi connectivity index (χ4n) is 3.26. The van der Waals surface area contributed by atoms with Crippen molar-refractivity contribution in [1.29, 1.82) is 0 Å². The molecule has 1 fully saturated rings. The van der Waals surface area contributed by atoms with Crippen molar-refractivity contribution < 1.29 is 4.74 Å². The number of nitrogens with one attached hydrogen (secondary N) is 2. The number of hydrogen-bond donors (Lipinski definition) is 2. The zero-order valence-electron chi connectivity index (χ0n) is 13.7. The average Bonchev–Trinajstić information content (AvgIpc) is 2.93. The number of benzene rings is 1. The number of ether oxygens (including phenoxy) is 1. The molecule has 3 rings (SSSR count). The molecule has 0 saturated carbocycles. The molecule has 4 nitrogen and oxygen atoms in total. The average molecular weight is 301 g/mol. The quantitative estimate of drug-likeness (QED) is 0.860. The lowest BCUT2D eigenvalue weighted by atomic mass is 10.1. The van der Waals surface area contributed by atoms with Crippen molar-refractivity contribution in [1.82, 2.24) is 15.2 Å². The van der Waals surface area contributed by atoms with Crippen LogP contribution in [0.3, 0.4) is 0 Å². The molecule has 4 heteroatoms. The summed E-state index contributed by atoms with van der Waals surface area (Å²) < 4.78 is 5.40. The van der Waals surface area contributed by atoms with Gasteiger partial charge in [0.1, 0.15) is 0 Å². The van der Waals surface area contributed by atoms with E-state index in [1.165, 1.54) is 22.0 Å². The molecular formula is C18H27N3O. The molecule has 0 unspecified atom stereocenters. The van der Waals surface area contributed by atoms with E-state index < -0.39 is 0 Å². The highest BCUT2D eigenvalue weighted by atomic mass is 16.5. The summed E-state index contributed by atoms with van der Waals surface area (Å²) in [7, 11) is 0. The smallest absolute Gasteiger partial charge is 0.0594 e. The van der Waals surface area contributed by atoms with Crippen LogP contribution in [0.15, 0.2) is 24.4 Å². The van der Waals surface area contributed by atoms with E-state index in [1.54, 1.807) is 0 Å². The number of aryl methyl sites for hydroxylation is 1. The number of fused-ring (bicyclic) bond motifs is 1. The Morgan fingerprint density at radius 2 is 2.14 bits per heavy atom. The van der Waals surface area contributed by atoms with Gasteiger partial charge in [-0.1, -0.05) is 18.2 Å². The van der Waals surface area contributed by atoms with Crippen molar-refractivity contribution >= 4 is 10.9 Å². The number of aromatic amines is 1. The van der Waals surface area contributed by atoms with Crippen LogP contribution < -0.4 is 5.32 Å². The van der Waals surface area contributed by atoms with Gasteiger partial charge in [-0.2, -0.15) is 0 Å². The summed E-state index contributed by atoms with van der Waals surface area (Å²) in [4.78, 5) is 5.89. The van der Waals surface area contributed by atoms with Crippen molar-refractivity contribution in [3.8, 4) is 0 Å². The Kier molecular flexibility index (Phi) is 5.13. The second-order valence-electron chi connectivity index (χ2n) is 6.33. The molecule has 1 saturated heterocycles. The number of morpholine rings is 1. The van der Waals surface area contributed by atoms with Crippen LogP contribution in [0.25, 0.3) is 10.9 Å². The Morgan fingerprint density at radius 3 is 2.95 bits per heavy atom. The lowest BCUT2D eigenvalue weighted by Gasteiger charge is -2.29. The highest BCUT2D eigenvalue weighted by molar-refractivity contribution is 5.85. The van der Waals surface area contributed by atoms with Gasteiger partial charge in [0.25, 0.3) is 0 Å². The van der Waals surface area contributed by atoms with Gasteiger partial charge in [0.05, 0.1) is 13.2 Å². The zero-order chi connectivity index (χ0) is 15.4. The molecule has 0 spiro atoms. The molecule has 120 valence electrons. The maximum absolute atomic E-state index is 5.40. The minimum Gasteiger partial charge on any atom is -0.379 e. The lowest BCUT2D eigenvalue weighted by molar-refractivity contribution is 0.0344. The predicted octanol–water partition coefficient (Wildman–Crippen LogP) is 2.33. The van der Waals surface area contributed by atoms with Crippen LogP contribution in [-0.4, -0.2) is 55.3 Å². The van der Waals surface area contributed by atoms with E-state index >= 15 is 0 Å². The molecule has 0 aliphatic carbocycles. The number of aromatic nitrogens is 1. The molecule has 1 atom stereocenters. The van der Waals surface area contributed by atoms with Crippen molar-refractivity contribution in [2.24, 2.45) is 0 Å². The minimum absolute atomic E-state index is 0.519. The van der Waals surface area contributed by atoms with Gasteiger partial charge in [-0.3, -0.25) is 4.90 Å². The summed E-state index contributed by atoms with van der Waals surface area (Å²) in [6.45, 7) is 10.4. The van der Waals surface area contributed by atoms with Crippen LogP contribution in [0.5, 0.6) is 0 Å². The first-order chi connectivity index (χ1) is 10.7. The molecule has 0 bridgehead atoms. The molecule has 0 radical (unpaired) electrons. The molecule has 1 aromatic carbocycles. The Bertz CT molecular complexity index is 601. The largest absolute Gasteiger partial charge is 0.379 e. The fourth-order valence-corrected chi connectivity index (χ4v) is 3.26. The van der Waals surface area contributed by atoms with E-state index in [2.05, 4.69) is 53.4 Å². The summed E-state index contributed by atoms with van der Waals surface area (Å²) >= 11 is 0. The molecule has 0 amide bonds. The van der Waals surface area contributed by atoms with E-state index in [1.807, 2.05) is 0 Å². The number of hydrogen-bond acceptors (Lipinski definition) is 3. The molecule has 2 N–H and O–H groups in total. The Labute approximate surface area is 132 Å². The summed E-state index contributed by atoms with van der Waals surface area (Å²) in [5, 5.41) is 5.01. The van der Waals surface area contributed by atoms with Gasteiger partial charge in [0.2, 0.25) is 0 Å². The van der Waals surface area contributed by atoms with Crippen LogP contribution >= 0.6 is 0 Å². The van der Waals surface area contributed by atoms with E-state index in [-0.39, 0.29) is 0 Å². The zero-order valence-corrected chi connectivity index (χ0v) is 13.7. The first kappa shape index (κ1) is 15.5. The highest BCUT2D eigenvalue weighted by Gasteiger charge is 2.13. The Morgan fingerprint density at radius 1 is 1.32 bits per heavy atom. The van der Waals surface area contributed by atoms with Crippen molar-refractivity contribution in [2.45, 2.75) is 26.3 Å². The third-order valence-corrected chi connectivity index (χ3v) is 4.53. The maximum Gasteiger partial charge on any atom is 0.0594 e. The Hall–Kier alpha value is -1.36. The number of para-hydroxylation sites is 1. The van der Waals surface area contributed by atoms with Gasteiger partial charge in [-0.25, -0.2) is 0 Å². The third-order valence-electron chi connectivity index (χ3n) is 4.53. The second kappa shape index (κ2) is 7.27. The number of nitrogens with zero attached hydrogens (tertiary/aromatic N) is 1. The second-order valence-corrected chi connectivity index (χ2v) is 6.33. The van der Waals surface area contributed by atoms with E-state index in [0.29, 0.717) is 6.04 Å². The summed E-state index contributed by atoms with van der Waals surface area (Å²) in [6.07, 6.45) is 3.23. The molecule has 1 aliphatic heterocycles. The normalized spacial score (nSPS) is 17.9. The van der Waals surface area contributed by atoms with Gasteiger partial charge in [0, 0.05) is 42.8 Å². The van der Waals surface area contributed by atoms with Gasteiger partial charge in [-0.15, -0.1) is 0 Å². The number of H-pyrrole nitrogens is 1. The maximum atomic E-state index is 5.40. The fraction of sp³-hybridized carbons (Fsp3) is 0.556. The Balaban J connectivity index is 1.48. The molecule has 1 aromatic heterocycles. The monoisotopic (exact) mass is 301 g/mol. The first-order valence-electron chi connectivity index (χ1n) is 8.33. The highest BCUT2D eigenvalue weighted by Crippen LogP contribution is 2.21. The van der Waals surface area contributed by atoms with Crippen molar-refractivity contribution in [3.63, 3.8) is 0 Å². The third kappa shape index (κ3) is 3.69. The predicted molar refractivity (Wildman–Crippen MR) is 91.5 cm³/mol. The molecular weight excluding hydrogens is 274 g/mol. The van der Waals surface area contributed by atoms with Crippen molar-refractivity contribution in [3.05, 3.63) is 35.5 Å². The topological polar surface area (TPSA) is 40.3 Å². The molecule has 1 aliphatic rings. The molecule has 2 heterocycles. The van der Waals surface area contributed by atoms with Gasteiger partial charge in [0.15, 0.2) is 0 Å². The van der Waals surface area contributed by atoms with Crippen LogP contribution in [0.1, 0.15) is 18.1 Å². The van der Waals surface area contributed by atoms with Gasteiger partial charge >= 0.3 is 0 Å².